The van der Waals surface area contributed by atoms with Crippen molar-refractivity contribution >= 4 is 34.1 Å². The Kier molecular flexibility index (Phi) is 7.15. The lowest BCUT2D eigenvalue weighted by molar-refractivity contribution is 0.0527. The van der Waals surface area contributed by atoms with Gasteiger partial charge in [0.05, 0.1) is 17.0 Å². The number of carbonyl (C=O) groups excluding carboxylic acids is 3. The SMILES string of the molecule is CCOC(=O)c1c(NC(=O)c2ccc(F)cc2)sc(C(=O)NCc2ccccc2)c1C. The minimum absolute atomic E-state index is 0.132. The standard InChI is InChI=1S/C23H21FN2O4S/c1-3-30-23(29)18-14(2)19(21(28)25-13-15-7-5-4-6-8-15)31-22(18)26-20(27)16-9-11-17(24)12-10-16/h4-12H,3,13H2,1-2H3,(H,25,28)(H,26,27). The normalized spacial score (nSPS) is 10.4. The van der Waals surface area contributed by atoms with Gasteiger partial charge in [0.15, 0.2) is 0 Å². The summed E-state index contributed by atoms with van der Waals surface area (Å²) in [4.78, 5) is 38.2. The highest BCUT2D eigenvalue weighted by molar-refractivity contribution is 7.18. The zero-order valence-electron chi connectivity index (χ0n) is 17.0. The zero-order chi connectivity index (χ0) is 22.4. The van der Waals surface area contributed by atoms with Gasteiger partial charge in [0.1, 0.15) is 10.8 Å². The van der Waals surface area contributed by atoms with Crippen molar-refractivity contribution in [1.29, 1.82) is 0 Å². The van der Waals surface area contributed by atoms with Crippen molar-refractivity contribution in [3.8, 4) is 0 Å². The molecule has 3 aromatic rings. The van der Waals surface area contributed by atoms with E-state index in [1.807, 2.05) is 30.3 Å². The van der Waals surface area contributed by atoms with Crippen molar-refractivity contribution in [3.05, 3.63) is 87.5 Å². The predicted molar refractivity (Wildman–Crippen MR) is 117 cm³/mol. The summed E-state index contributed by atoms with van der Waals surface area (Å²) in [6.07, 6.45) is 0. The molecule has 0 aliphatic carbocycles. The third-order valence-electron chi connectivity index (χ3n) is 4.46. The van der Waals surface area contributed by atoms with Crippen LogP contribution in [0, 0.1) is 12.7 Å². The molecule has 0 saturated heterocycles. The Labute approximate surface area is 183 Å². The van der Waals surface area contributed by atoms with Crippen LogP contribution in [0.15, 0.2) is 54.6 Å². The lowest BCUT2D eigenvalue weighted by Gasteiger charge is -2.07. The van der Waals surface area contributed by atoms with Gasteiger partial charge in [0, 0.05) is 12.1 Å². The second-order valence-corrected chi connectivity index (χ2v) is 7.63. The molecule has 8 heteroatoms. The Bertz CT molecular complexity index is 1090. The molecular formula is C23H21FN2O4S. The molecule has 0 radical (unpaired) electrons. The molecule has 0 unspecified atom stereocenters. The second-order valence-electron chi connectivity index (χ2n) is 6.61. The fourth-order valence-electron chi connectivity index (χ4n) is 2.90. The number of nitrogens with one attached hydrogen (secondary N) is 2. The highest BCUT2D eigenvalue weighted by Crippen LogP contribution is 2.34. The van der Waals surface area contributed by atoms with E-state index in [4.69, 9.17) is 4.74 Å². The van der Waals surface area contributed by atoms with Crippen molar-refractivity contribution in [2.45, 2.75) is 20.4 Å². The summed E-state index contributed by atoms with van der Waals surface area (Å²) in [6, 6.07) is 14.4. The molecule has 3 rings (SSSR count). The molecule has 0 bridgehead atoms. The van der Waals surface area contributed by atoms with Crippen LogP contribution < -0.4 is 10.6 Å². The second kappa shape index (κ2) is 9.99. The third kappa shape index (κ3) is 5.35. The number of hydrogen-bond donors (Lipinski definition) is 2. The first-order valence-electron chi connectivity index (χ1n) is 9.60. The Balaban J connectivity index is 1.86. The lowest BCUT2D eigenvalue weighted by Crippen LogP contribution is -2.22. The first kappa shape index (κ1) is 22.2. The minimum Gasteiger partial charge on any atom is -0.462 e. The van der Waals surface area contributed by atoms with Crippen LogP contribution >= 0.6 is 11.3 Å². The molecule has 1 heterocycles. The van der Waals surface area contributed by atoms with Crippen molar-refractivity contribution in [1.82, 2.24) is 5.32 Å². The average molecular weight is 440 g/mol. The van der Waals surface area contributed by atoms with E-state index in [1.54, 1.807) is 13.8 Å². The van der Waals surface area contributed by atoms with Crippen LogP contribution in [0.2, 0.25) is 0 Å². The van der Waals surface area contributed by atoms with Crippen LogP contribution in [0.3, 0.4) is 0 Å². The van der Waals surface area contributed by atoms with E-state index in [2.05, 4.69) is 10.6 Å². The van der Waals surface area contributed by atoms with E-state index in [9.17, 15) is 18.8 Å². The molecule has 31 heavy (non-hydrogen) atoms. The highest BCUT2D eigenvalue weighted by atomic mass is 32.1. The summed E-state index contributed by atoms with van der Waals surface area (Å²) in [5.41, 5.74) is 1.70. The predicted octanol–water partition coefficient (Wildman–Crippen LogP) is 4.55. The van der Waals surface area contributed by atoms with Gasteiger partial charge >= 0.3 is 5.97 Å². The molecule has 2 amide bonds. The number of rotatable bonds is 7. The van der Waals surface area contributed by atoms with Crippen molar-refractivity contribution in [3.63, 3.8) is 0 Å². The van der Waals surface area contributed by atoms with E-state index in [-0.39, 0.29) is 28.6 Å². The van der Waals surface area contributed by atoms with Gasteiger partial charge < -0.3 is 15.4 Å². The first-order chi connectivity index (χ1) is 14.9. The van der Waals surface area contributed by atoms with Gasteiger partial charge in [-0.25, -0.2) is 9.18 Å². The number of ether oxygens (including phenoxy) is 1. The fourth-order valence-corrected chi connectivity index (χ4v) is 4.01. The van der Waals surface area contributed by atoms with Crippen molar-refractivity contribution < 1.29 is 23.5 Å². The number of thiophene rings is 1. The lowest BCUT2D eigenvalue weighted by atomic mass is 10.1. The smallest absolute Gasteiger partial charge is 0.341 e. The monoisotopic (exact) mass is 440 g/mol. The number of amides is 2. The molecule has 2 N–H and O–H groups in total. The van der Waals surface area contributed by atoms with Crippen molar-refractivity contribution in [2.75, 3.05) is 11.9 Å². The summed E-state index contributed by atoms with van der Waals surface area (Å²) in [7, 11) is 0. The molecule has 6 nitrogen and oxygen atoms in total. The van der Waals surface area contributed by atoms with Crippen LogP contribution in [-0.4, -0.2) is 24.4 Å². The molecular weight excluding hydrogens is 419 g/mol. The summed E-state index contributed by atoms with van der Waals surface area (Å²) in [5.74, 6) is -1.98. The van der Waals surface area contributed by atoms with Gasteiger partial charge in [0.2, 0.25) is 0 Å². The van der Waals surface area contributed by atoms with E-state index in [0.29, 0.717) is 17.0 Å². The summed E-state index contributed by atoms with van der Waals surface area (Å²) in [6.45, 7) is 3.77. The molecule has 1 aromatic heterocycles. The minimum atomic E-state index is -0.632. The molecule has 0 atom stereocenters. The zero-order valence-corrected chi connectivity index (χ0v) is 17.8. The van der Waals surface area contributed by atoms with Crippen LogP contribution in [0.1, 0.15) is 48.4 Å². The van der Waals surface area contributed by atoms with E-state index in [1.165, 1.54) is 24.3 Å². The van der Waals surface area contributed by atoms with Crippen LogP contribution in [0.5, 0.6) is 0 Å². The van der Waals surface area contributed by atoms with Gasteiger partial charge in [-0.2, -0.15) is 0 Å². The summed E-state index contributed by atoms with van der Waals surface area (Å²) < 4.78 is 18.2. The van der Waals surface area contributed by atoms with Gasteiger partial charge in [0.25, 0.3) is 11.8 Å². The molecule has 2 aromatic carbocycles. The molecule has 0 aliphatic rings. The maximum atomic E-state index is 13.1. The summed E-state index contributed by atoms with van der Waals surface area (Å²) >= 11 is 0.991. The Hall–Kier alpha value is -3.52. The Morgan fingerprint density at radius 1 is 1.00 bits per heavy atom. The number of benzene rings is 2. The van der Waals surface area contributed by atoms with E-state index >= 15 is 0 Å². The third-order valence-corrected chi connectivity index (χ3v) is 5.67. The first-order valence-corrected chi connectivity index (χ1v) is 10.4. The summed E-state index contributed by atoms with van der Waals surface area (Å²) in [5, 5.41) is 5.68. The Morgan fingerprint density at radius 3 is 2.32 bits per heavy atom. The quantitative estimate of drug-likeness (QED) is 0.528. The highest BCUT2D eigenvalue weighted by Gasteiger charge is 2.26. The van der Waals surface area contributed by atoms with E-state index in [0.717, 1.165) is 16.9 Å². The van der Waals surface area contributed by atoms with Crippen LogP contribution in [0.4, 0.5) is 9.39 Å². The maximum absolute atomic E-state index is 13.1. The molecule has 0 aliphatic heterocycles. The van der Waals surface area contributed by atoms with Crippen molar-refractivity contribution in [2.24, 2.45) is 0 Å². The number of halogens is 1. The average Bonchev–Trinajstić information content (AvgIpc) is 3.09. The molecule has 0 spiro atoms. The maximum Gasteiger partial charge on any atom is 0.341 e. The van der Waals surface area contributed by atoms with Gasteiger partial charge in [-0.3, -0.25) is 9.59 Å². The number of carbonyl (C=O) groups is 3. The van der Waals surface area contributed by atoms with Gasteiger partial charge in [-0.15, -0.1) is 11.3 Å². The van der Waals surface area contributed by atoms with Gasteiger partial charge in [-0.05, 0) is 49.2 Å². The largest absolute Gasteiger partial charge is 0.462 e. The van der Waals surface area contributed by atoms with E-state index < -0.39 is 17.7 Å². The molecule has 0 saturated carbocycles. The molecule has 0 fully saturated rings. The number of esters is 1. The van der Waals surface area contributed by atoms with Gasteiger partial charge in [-0.1, -0.05) is 30.3 Å². The Morgan fingerprint density at radius 2 is 1.68 bits per heavy atom. The van der Waals surface area contributed by atoms with Crippen LogP contribution in [0.25, 0.3) is 0 Å². The van der Waals surface area contributed by atoms with Crippen LogP contribution in [-0.2, 0) is 11.3 Å². The number of hydrogen-bond acceptors (Lipinski definition) is 5. The molecule has 160 valence electrons. The topological polar surface area (TPSA) is 84.5 Å². The fraction of sp³-hybridized carbons (Fsp3) is 0.174. The number of anilines is 1.